The second-order valence-electron chi connectivity index (χ2n) is 6.98. The Morgan fingerprint density at radius 3 is 2.48 bits per heavy atom. The van der Waals surface area contributed by atoms with Crippen LogP contribution in [-0.2, 0) is 11.3 Å². The Morgan fingerprint density at radius 2 is 1.76 bits per heavy atom. The molecule has 2 amide bonds. The minimum Gasteiger partial charge on any atom is -0.422 e. The fraction of sp³-hybridized carbons (Fsp3) is 0.0417. The molecular formula is C24H14BrCl2NO4S. The summed E-state index contributed by atoms with van der Waals surface area (Å²) in [4.78, 5) is 39.4. The summed E-state index contributed by atoms with van der Waals surface area (Å²) < 4.78 is 6.27. The molecule has 166 valence electrons. The molecule has 0 aliphatic carbocycles. The average molecular weight is 563 g/mol. The van der Waals surface area contributed by atoms with E-state index in [4.69, 9.17) is 27.9 Å². The molecule has 0 unspecified atom stereocenters. The lowest BCUT2D eigenvalue weighted by Gasteiger charge is -2.12. The van der Waals surface area contributed by atoms with E-state index in [-0.39, 0.29) is 22.4 Å². The van der Waals surface area contributed by atoms with E-state index in [0.717, 1.165) is 26.7 Å². The molecule has 0 aromatic heterocycles. The number of thioether (sulfide) groups is 1. The van der Waals surface area contributed by atoms with Crippen molar-refractivity contribution < 1.29 is 19.1 Å². The maximum atomic E-state index is 12.9. The van der Waals surface area contributed by atoms with E-state index in [1.807, 2.05) is 0 Å². The lowest BCUT2D eigenvalue weighted by atomic mass is 10.1. The highest BCUT2D eigenvalue weighted by Gasteiger charge is 2.35. The van der Waals surface area contributed by atoms with Gasteiger partial charge in [-0.2, -0.15) is 0 Å². The van der Waals surface area contributed by atoms with E-state index in [9.17, 15) is 14.4 Å². The molecular weight excluding hydrogens is 549 g/mol. The molecule has 0 atom stereocenters. The van der Waals surface area contributed by atoms with E-state index in [1.54, 1.807) is 60.7 Å². The Hall–Kier alpha value is -2.58. The third kappa shape index (κ3) is 5.68. The number of benzene rings is 3. The molecule has 0 N–H and O–H groups in total. The number of imide groups is 1. The van der Waals surface area contributed by atoms with Gasteiger partial charge in [-0.15, -0.1) is 0 Å². The van der Waals surface area contributed by atoms with E-state index in [0.29, 0.717) is 21.2 Å². The van der Waals surface area contributed by atoms with Crippen LogP contribution in [0, 0.1) is 0 Å². The van der Waals surface area contributed by atoms with Gasteiger partial charge in [0.1, 0.15) is 5.75 Å². The molecule has 0 saturated carbocycles. The van der Waals surface area contributed by atoms with Crippen LogP contribution in [0.3, 0.4) is 0 Å². The minimum atomic E-state index is -0.592. The summed E-state index contributed by atoms with van der Waals surface area (Å²) in [5.74, 6) is -0.773. The van der Waals surface area contributed by atoms with Crippen molar-refractivity contribution in [3.05, 3.63) is 103 Å². The number of halogens is 3. The quantitative estimate of drug-likeness (QED) is 0.187. The zero-order chi connectivity index (χ0) is 23.5. The van der Waals surface area contributed by atoms with Gasteiger partial charge < -0.3 is 4.74 Å². The Morgan fingerprint density at radius 1 is 1.00 bits per heavy atom. The number of amides is 2. The lowest BCUT2D eigenvalue weighted by Crippen LogP contribution is -2.27. The first-order chi connectivity index (χ1) is 15.8. The highest BCUT2D eigenvalue weighted by Crippen LogP contribution is 2.36. The van der Waals surface area contributed by atoms with Crippen molar-refractivity contribution in [3.8, 4) is 5.75 Å². The standard InChI is InChI=1S/C24H14BrCl2NO4S/c25-17-6-9-20(32-23(30)15-2-1-3-19(27)11-15)16(10-17)12-21-22(29)28(24(31)33-21)13-14-4-7-18(26)8-5-14/h1-12H,13H2/b21-12-. The van der Waals surface area contributed by atoms with Crippen molar-refractivity contribution in [1.82, 2.24) is 4.90 Å². The Kier molecular flexibility index (Phi) is 7.24. The molecule has 4 rings (SSSR count). The third-order valence-electron chi connectivity index (χ3n) is 4.65. The van der Waals surface area contributed by atoms with Crippen molar-refractivity contribution in [1.29, 1.82) is 0 Å². The zero-order valence-corrected chi connectivity index (χ0v) is 20.7. The Balaban J connectivity index is 1.58. The van der Waals surface area contributed by atoms with Crippen LogP contribution in [0.15, 0.2) is 76.1 Å². The van der Waals surface area contributed by atoms with Gasteiger partial charge in [0.05, 0.1) is 17.0 Å². The highest BCUT2D eigenvalue weighted by atomic mass is 79.9. The second-order valence-corrected chi connectivity index (χ2v) is 9.76. The number of hydrogen-bond acceptors (Lipinski definition) is 5. The number of hydrogen-bond donors (Lipinski definition) is 0. The molecule has 1 fully saturated rings. The van der Waals surface area contributed by atoms with Gasteiger partial charge in [-0.25, -0.2) is 4.79 Å². The molecule has 33 heavy (non-hydrogen) atoms. The summed E-state index contributed by atoms with van der Waals surface area (Å²) in [6.07, 6.45) is 1.54. The van der Waals surface area contributed by atoms with Gasteiger partial charge >= 0.3 is 5.97 Å². The molecule has 3 aromatic rings. The number of carbonyl (C=O) groups excluding carboxylic acids is 3. The molecule has 9 heteroatoms. The predicted molar refractivity (Wildman–Crippen MR) is 134 cm³/mol. The van der Waals surface area contributed by atoms with Gasteiger partial charge in [-0.1, -0.05) is 57.3 Å². The zero-order valence-electron chi connectivity index (χ0n) is 16.8. The fourth-order valence-corrected chi connectivity index (χ4v) is 4.57. The van der Waals surface area contributed by atoms with E-state index in [2.05, 4.69) is 15.9 Å². The van der Waals surface area contributed by atoms with Crippen LogP contribution in [0.4, 0.5) is 4.79 Å². The van der Waals surface area contributed by atoms with E-state index < -0.39 is 11.9 Å². The molecule has 1 aliphatic rings. The summed E-state index contributed by atoms with van der Waals surface area (Å²) in [5, 5.41) is 0.603. The van der Waals surface area contributed by atoms with Crippen molar-refractivity contribution in [2.24, 2.45) is 0 Å². The van der Waals surface area contributed by atoms with Crippen LogP contribution in [0.25, 0.3) is 6.08 Å². The van der Waals surface area contributed by atoms with Crippen LogP contribution in [0.1, 0.15) is 21.5 Å². The minimum absolute atomic E-state index is 0.133. The molecule has 0 radical (unpaired) electrons. The van der Waals surface area contributed by atoms with Crippen LogP contribution < -0.4 is 4.74 Å². The average Bonchev–Trinajstić information content (AvgIpc) is 3.04. The van der Waals surface area contributed by atoms with Gasteiger partial charge in [0, 0.05) is 20.1 Å². The van der Waals surface area contributed by atoms with Gasteiger partial charge in [0.15, 0.2) is 0 Å². The van der Waals surface area contributed by atoms with Crippen LogP contribution >= 0.6 is 50.9 Å². The summed E-state index contributed by atoms with van der Waals surface area (Å²) in [5.41, 5.74) is 1.54. The Labute approximate surface area is 212 Å². The number of esters is 1. The SMILES string of the molecule is O=C(Oc1ccc(Br)cc1/C=C1\SC(=O)N(Cc2ccc(Cl)cc2)C1=O)c1cccc(Cl)c1. The van der Waals surface area contributed by atoms with Crippen molar-refractivity contribution >= 4 is 74.1 Å². The number of carbonyl (C=O) groups is 3. The van der Waals surface area contributed by atoms with Gasteiger partial charge in [-0.3, -0.25) is 14.5 Å². The van der Waals surface area contributed by atoms with Gasteiger partial charge in [0.25, 0.3) is 11.1 Å². The lowest BCUT2D eigenvalue weighted by molar-refractivity contribution is -0.123. The largest absolute Gasteiger partial charge is 0.422 e. The molecule has 1 heterocycles. The summed E-state index contributed by atoms with van der Waals surface area (Å²) in [6, 6.07) is 18.4. The van der Waals surface area contributed by atoms with Crippen molar-refractivity contribution in [3.63, 3.8) is 0 Å². The summed E-state index contributed by atoms with van der Waals surface area (Å²) >= 11 is 16.1. The van der Waals surface area contributed by atoms with Crippen LogP contribution in [0.5, 0.6) is 5.75 Å². The van der Waals surface area contributed by atoms with Gasteiger partial charge in [0.2, 0.25) is 0 Å². The molecule has 1 aliphatic heterocycles. The van der Waals surface area contributed by atoms with E-state index in [1.165, 1.54) is 12.1 Å². The molecule has 0 bridgehead atoms. The third-order valence-corrected chi connectivity index (χ3v) is 6.54. The van der Waals surface area contributed by atoms with Crippen molar-refractivity contribution in [2.45, 2.75) is 6.54 Å². The predicted octanol–water partition coefficient (Wildman–Crippen LogP) is 7.21. The summed E-state index contributed by atoms with van der Waals surface area (Å²) in [6.45, 7) is 0.133. The maximum Gasteiger partial charge on any atom is 0.343 e. The number of nitrogens with zero attached hydrogens (tertiary/aromatic N) is 1. The highest BCUT2D eigenvalue weighted by molar-refractivity contribution is 9.10. The summed E-state index contributed by atoms with van der Waals surface area (Å²) in [7, 11) is 0. The molecule has 1 saturated heterocycles. The number of rotatable bonds is 5. The van der Waals surface area contributed by atoms with Crippen LogP contribution in [-0.4, -0.2) is 22.0 Å². The number of ether oxygens (including phenoxy) is 1. The monoisotopic (exact) mass is 561 g/mol. The molecule has 3 aromatic carbocycles. The normalized spacial score (nSPS) is 14.8. The van der Waals surface area contributed by atoms with Crippen molar-refractivity contribution in [2.75, 3.05) is 0 Å². The molecule has 0 spiro atoms. The topological polar surface area (TPSA) is 63.7 Å². The Bertz CT molecular complexity index is 1290. The second kappa shape index (κ2) is 10.1. The van der Waals surface area contributed by atoms with Crippen LogP contribution in [0.2, 0.25) is 10.0 Å². The first-order valence-electron chi connectivity index (χ1n) is 9.57. The van der Waals surface area contributed by atoms with E-state index >= 15 is 0 Å². The molecule has 5 nitrogen and oxygen atoms in total. The fourth-order valence-electron chi connectivity index (χ4n) is 3.05. The maximum absolute atomic E-state index is 12.9. The first-order valence-corrected chi connectivity index (χ1v) is 11.9. The first kappa shape index (κ1) is 23.6. The van der Waals surface area contributed by atoms with Gasteiger partial charge in [-0.05, 0) is 71.9 Å². The smallest absolute Gasteiger partial charge is 0.343 e.